The van der Waals surface area contributed by atoms with Gasteiger partial charge in [0.05, 0.1) is 18.4 Å². The van der Waals surface area contributed by atoms with E-state index in [9.17, 15) is 18.0 Å². The van der Waals surface area contributed by atoms with Crippen molar-refractivity contribution in [1.29, 1.82) is 0 Å². The van der Waals surface area contributed by atoms with Crippen molar-refractivity contribution in [3.05, 3.63) is 29.8 Å². The molecule has 25 heavy (non-hydrogen) atoms. The van der Waals surface area contributed by atoms with Gasteiger partial charge < -0.3 is 15.4 Å². The fourth-order valence-corrected chi connectivity index (χ4v) is 3.75. The van der Waals surface area contributed by atoms with Crippen LogP contribution in [-0.4, -0.2) is 56.7 Å². The van der Waals surface area contributed by atoms with Gasteiger partial charge >= 0.3 is 12.0 Å². The third kappa shape index (κ3) is 5.17. The minimum atomic E-state index is -3.17. The molecule has 1 saturated heterocycles. The number of amides is 2. The number of methoxy groups -OCH3 is 1. The summed E-state index contributed by atoms with van der Waals surface area (Å²) in [5.74, 6) is -0.350. The summed E-state index contributed by atoms with van der Waals surface area (Å²) in [6.45, 7) is 2.45. The van der Waals surface area contributed by atoms with Crippen molar-refractivity contribution in [2.75, 3.05) is 31.3 Å². The van der Waals surface area contributed by atoms with Gasteiger partial charge in [-0.25, -0.2) is 22.3 Å². The fraction of sp³-hybridized carbons (Fsp3) is 0.500. The summed E-state index contributed by atoms with van der Waals surface area (Å²) in [6.07, 6.45) is 1.15. The molecule has 2 amide bonds. The number of esters is 1. The SMILES string of the molecule is CCS(=O)(=O)N1CCC(NC(=O)Nc2ccc(C(=O)OC)cc2)CC1. The number of benzene rings is 1. The van der Waals surface area contributed by atoms with E-state index in [0.717, 1.165) is 0 Å². The quantitative estimate of drug-likeness (QED) is 0.764. The number of piperidine rings is 1. The van der Waals surface area contributed by atoms with Crippen LogP contribution < -0.4 is 10.6 Å². The Labute approximate surface area is 147 Å². The summed E-state index contributed by atoms with van der Waals surface area (Å²) in [5, 5.41) is 5.53. The van der Waals surface area contributed by atoms with Crippen LogP contribution in [0.15, 0.2) is 24.3 Å². The van der Waals surface area contributed by atoms with Gasteiger partial charge in [-0.3, -0.25) is 0 Å². The number of hydrogen-bond donors (Lipinski definition) is 2. The predicted molar refractivity (Wildman–Crippen MR) is 94.0 cm³/mol. The van der Waals surface area contributed by atoms with Crippen molar-refractivity contribution in [1.82, 2.24) is 9.62 Å². The average molecular weight is 369 g/mol. The maximum Gasteiger partial charge on any atom is 0.337 e. The first-order valence-corrected chi connectivity index (χ1v) is 9.70. The van der Waals surface area contributed by atoms with Gasteiger partial charge in [-0.2, -0.15) is 0 Å². The number of nitrogens with one attached hydrogen (secondary N) is 2. The zero-order valence-corrected chi connectivity index (χ0v) is 15.1. The lowest BCUT2D eigenvalue weighted by Gasteiger charge is -2.31. The van der Waals surface area contributed by atoms with E-state index < -0.39 is 16.0 Å². The average Bonchev–Trinajstić information content (AvgIpc) is 2.62. The lowest BCUT2D eigenvalue weighted by molar-refractivity contribution is 0.0600. The third-order valence-electron chi connectivity index (χ3n) is 4.11. The zero-order valence-electron chi connectivity index (χ0n) is 14.3. The molecule has 9 heteroatoms. The molecule has 1 aromatic rings. The third-order valence-corrected chi connectivity index (χ3v) is 5.99. The first-order valence-electron chi connectivity index (χ1n) is 8.09. The molecule has 0 radical (unpaired) electrons. The molecule has 1 aliphatic rings. The number of hydrogen-bond acceptors (Lipinski definition) is 5. The van der Waals surface area contributed by atoms with E-state index in [-0.39, 0.29) is 17.8 Å². The Morgan fingerprint density at radius 1 is 1.20 bits per heavy atom. The number of carbonyl (C=O) groups excluding carboxylic acids is 2. The van der Waals surface area contributed by atoms with Crippen LogP contribution in [-0.2, 0) is 14.8 Å². The molecule has 1 heterocycles. The Balaban J connectivity index is 1.82. The molecule has 0 atom stereocenters. The van der Waals surface area contributed by atoms with E-state index >= 15 is 0 Å². The van der Waals surface area contributed by atoms with Crippen LogP contribution in [0.1, 0.15) is 30.1 Å². The Kier molecular flexibility index (Phi) is 6.38. The van der Waals surface area contributed by atoms with Crippen molar-refractivity contribution in [2.45, 2.75) is 25.8 Å². The van der Waals surface area contributed by atoms with E-state index in [0.29, 0.717) is 37.2 Å². The standard InChI is InChI=1S/C16H23N3O5S/c1-3-25(22,23)19-10-8-14(9-11-19)18-16(21)17-13-6-4-12(5-7-13)15(20)24-2/h4-7,14H,3,8-11H2,1-2H3,(H2,17,18,21). The van der Waals surface area contributed by atoms with Crippen LogP contribution in [0.4, 0.5) is 10.5 Å². The molecule has 0 aliphatic carbocycles. The highest BCUT2D eigenvalue weighted by atomic mass is 32.2. The first kappa shape index (κ1) is 19.2. The van der Waals surface area contributed by atoms with Crippen molar-refractivity contribution < 1.29 is 22.7 Å². The van der Waals surface area contributed by atoms with Gasteiger partial charge in [0, 0.05) is 24.8 Å². The molecule has 1 aliphatic heterocycles. The van der Waals surface area contributed by atoms with Gasteiger partial charge in [0.1, 0.15) is 0 Å². The van der Waals surface area contributed by atoms with Crippen LogP contribution >= 0.6 is 0 Å². The van der Waals surface area contributed by atoms with Crippen molar-refractivity contribution in [3.63, 3.8) is 0 Å². The highest BCUT2D eigenvalue weighted by molar-refractivity contribution is 7.89. The molecule has 2 rings (SSSR count). The van der Waals surface area contributed by atoms with Crippen LogP contribution in [0.3, 0.4) is 0 Å². The molecular formula is C16H23N3O5S. The summed E-state index contributed by atoms with van der Waals surface area (Å²) in [7, 11) is -1.86. The van der Waals surface area contributed by atoms with E-state index in [1.807, 2.05) is 0 Å². The van der Waals surface area contributed by atoms with E-state index in [1.54, 1.807) is 31.2 Å². The Hall–Kier alpha value is -2.13. The van der Waals surface area contributed by atoms with E-state index in [1.165, 1.54) is 11.4 Å². The van der Waals surface area contributed by atoms with Crippen molar-refractivity contribution in [3.8, 4) is 0 Å². The number of urea groups is 1. The lowest BCUT2D eigenvalue weighted by atomic mass is 10.1. The fourth-order valence-electron chi connectivity index (χ4n) is 2.62. The summed E-state index contributed by atoms with van der Waals surface area (Å²) >= 11 is 0. The topological polar surface area (TPSA) is 105 Å². The summed E-state index contributed by atoms with van der Waals surface area (Å²) in [5.41, 5.74) is 0.953. The molecule has 0 aromatic heterocycles. The van der Waals surface area contributed by atoms with Crippen LogP contribution in [0.2, 0.25) is 0 Å². The summed E-state index contributed by atoms with van der Waals surface area (Å²) in [6, 6.07) is 5.93. The van der Waals surface area contributed by atoms with Crippen molar-refractivity contribution >= 4 is 27.7 Å². The highest BCUT2D eigenvalue weighted by Gasteiger charge is 2.27. The molecule has 0 bridgehead atoms. The Morgan fingerprint density at radius 3 is 2.32 bits per heavy atom. The second kappa shape index (κ2) is 8.30. The highest BCUT2D eigenvalue weighted by Crippen LogP contribution is 2.15. The molecule has 1 aromatic carbocycles. The summed E-state index contributed by atoms with van der Waals surface area (Å²) in [4.78, 5) is 23.4. The van der Waals surface area contributed by atoms with Crippen LogP contribution in [0.5, 0.6) is 0 Å². The minimum Gasteiger partial charge on any atom is -0.465 e. The number of ether oxygens (including phenoxy) is 1. The van der Waals surface area contributed by atoms with Gasteiger partial charge in [-0.05, 0) is 44.0 Å². The molecule has 0 spiro atoms. The van der Waals surface area contributed by atoms with Gasteiger partial charge in [-0.1, -0.05) is 0 Å². The second-order valence-corrected chi connectivity index (χ2v) is 8.00. The Bertz CT molecular complexity index is 710. The molecular weight excluding hydrogens is 346 g/mol. The van der Waals surface area contributed by atoms with Gasteiger partial charge in [0.25, 0.3) is 0 Å². The van der Waals surface area contributed by atoms with E-state index in [2.05, 4.69) is 15.4 Å². The van der Waals surface area contributed by atoms with Crippen molar-refractivity contribution in [2.24, 2.45) is 0 Å². The Morgan fingerprint density at radius 2 is 1.80 bits per heavy atom. The molecule has 138 valence electrons. The monoisotopic (exact) mass is 369 g/mol. The first-order chi connectivity index (χ1) is 11.9. The number of nitrogens with zero attached hydrogens (tertiary/aromatic N) is 1. The summed E-state index contributed by atoms with van der Waals surface area (Å²) < 4.78 is 29.7. The number of carbonyl (C=O) groups is 2. The molecule has 0 unspecified atom stereocenters. The van der Waals surface area contributed by atoms with Gasteiger partial charge in [0.15, 0.2) is 0 Å². The number of sulfonamides is 1. The minimum absolute atomic E-state index is 0.0716. The number of rotatable bonds is 5. The lowest BCUT2D eigenvalue weighted by Crippen LogP contribution is -2.47. The predicted octanol–water partition coefficient (Wildman–Crippen LogP) is 1.41. The second-order valence-electron chi connectivity index (χ2n) is 5.74. The zero-order chi connectivity index (χ0) is 18.4. The normalized spacial score (nSPS) is 16.2. The van der Waals surface area contributed by atoms with Gasteiger partial charge in [0.2, 0.25) is 10.0 Å². The van der Waals surface area contributed by atoms with E-state index in [4.69, 9.17) is 0 Å². The van der Waals surface area contributed by atoms with Gasteiger partial charge in [-0.15, -0.1) is 0 Å². The number of anilines is 1. The molecule has 0 saturated carbocycles. The maximum atomic E-state index is 12.0. The largest absolute Gasteiger partial charge is 0.465 e. The molecule has 2 N–H and O–H groups in total. The molecule has 1 fully saturated rings. The maximum absolute atomic E-state index is 12.0. The van der Waals surface area contributed by atoms with Crippen LogP contribution in [0.25, 0.3) is 0 Å². The van der Waals surface area contributed by atoms with Crippen LogP contribution in [0, 0.1) is 0 Å². The molecule has 8 nitrogen and oxygen atoms in total. The smallest absolute Gasteiger partial charge is 0.337 e.